The Kier molecular flexibility index (Phi) is 3.55. The smallest absolute Gasteiger partial charge is 0.142 e. The molecule has 5 heteroatoms. The van der Waals surface area contributed by atoms with E-state index in [-0.39, 0.29) is 0 Å². The van der Waals surface area contributed by atoms with Crippen molar-refractivity contribution in [2.75, 3.05) is 12.0 Å². The fourth-order valence-electron chi connectivity index (χ4n) is 0.854. The van der Waals surface area contributed by atoms with Crippen LogP contribution in [0.15, 0.2) is 9.50 Å². The van der Waals surface area contributed by atoms with Crippen LogP contribution in [0.3, 0.4) is 0 Å². The van der Waals surface area contributed by atoms with Crippen molar-refractivity contribution in [1.82, 2.24) is 9.97 Å². The van der Waals surface area contributed by atoms with E-state index in [0.717, 1.165) is 15.3 Å². The van der Waals surface area contributed by atoms with E-state index in [2.05, 4.69) is 25.9 Å². The summed E-state index contributed by atoms with van der Waals surface area (Å²) in [7, 11) is 0. The number of anilines is 1. The second-order valence-electron chi connectivity index (χ2n) is 2.95. The molecule has 0 unspecified atom stereocenters. The van der Waals surface area contributed by atoms with Gasteiger partial charge in [-0.25, -0.2) is 9.97 Å². The summed E-state index contributed by atoms with van der Waals surface area (Å²) in [6, 6.07) is 0. The third-order valence-electron chi connectivity index (χ3n) is 1.57. The van der Waals surface area contributed by atoms with Crippen LogP contribution in [-0.4, -0.2) is 16.2 Å². The Balaban J connectivity index is 3.22. The van der Waals surface area contributed by atoms with Crippen LogP contribution in [0.1, 0.15) is 25.6 Å². The molecule has 0 radical (unpaired) electrons. The largest absolute Gasteiger partial charge is 0.383 e. The molecule has 1 aromatic heterocycles. The van der Waals surface area contributed by atoms with E-state index >= 15 is 0 Å². The standard InChI is InChI=1S/C8H12BrN3S/c1-4(2)7-11-6(10)5(9)8(12-7)13-3/h4H,1-3H3,(H2,10,11,12). The molecule has 0 bridgehead atoms. The van der Waals surface area contributed by atoms with Gasteiger partial charge >= 0.3 is 0 Å². The summed E-state index contributed by atoms with van der Waals surface area (Å²) in [5.41, 5.74) is 5.72. The molecule has 0 aliphatic heterocycles. The predicted octanol–water partition coefficient (Wildman–Crippen LogP) is 2.67. The van der Waals surface area contributed by atoms with Crippen LogP contribution in [0.2, 0.25) is 0 Å². The molecule has 2 N–H and O–H groups in total. The van der Waals surface area contributed by atoms with E-state index in [4.69, 9.17) is 5.73 Å². The van der Waals surface area contributed by atoms with Gasteiger partial charge in [-0.1, -0.05) is 13.8 Å². The van der Waals surface area contributed by atoms with Gasteiger partial charge in [0.15, 0.2) is 0 Å². The number of nitrogens with zero attached hydrogens (tertiary/aromatic N) is 2. The zero-order chi connectivity index (χ0) is 10.0. The SMILES string of the molecule is CSc1nc(C(C)C)nc(N)c1Br. The maximum atomic E-state index is 5.72. The monoisotopic (exact) mass is 261 g/mol. The van der Waals surface area contributed by atoms with Gasteiger partial charge in [-0.3, -0.25) is 0 Å². The first kappa shape index (κ1) is 10.8. The lowest BCUT2D eigenvalue weighted by Crippen LogP contribution is -2.03. The summed E-state index contributed by atoms with van der Waals surface area (Å²) in [5.74, 6) is 1.62. The van der Waals surface area contributed by atoms with E-state index in [1.54, 1.807) is 11.8 Å². The molecular weight excluding hydrogens is 250 g/mol. The minimum atomic E-state index is 0.307. The molecule has 0 fully saturated rings. The van der Waals surface area contributed by atoms with Crippen LogP contribution < -0.4 is 5.73 Å². The average Bonchev–Trinajstić information content (AvgIpc) is 2.09. The highest BCUT2D eigenvalue weighted by Gasteiger charge is 2.10. The normalized spacial score (nSPS) is 10.8. The quantitative estimate of drug-likeness (QED) is 0.657. The molecule has 1 heterocycles. The van der Waals surface area contributed by atoms with Crippen molar-refractivity contribution in [1.29, 1.82) is 0 Å². The number of hydrogen-bond donors (Lipinski definition) is 1. The number of aromatic nitrogens is 2. The first-order valence-corrected chi connectivity index (χ1v) is 5.95. The fourth-order valence-corrected chi connectivity index (χ4v) is 1.99. The lowest BCUT2D eigenvalue weighted by molar-refractivity contribution is 0.753. The minimum Gasteiger partial charge on any atom is -0.383 e. The Labute approximate surface area is 90.7 Å². The van der Waals surface area contributed by atoms with Crippen molar-refractivity contribution in [3.63, 3.8) is 0 Å². The molecule has 72 valence electrons. The summed E-state index contributed by atoms with van der Waals surface area (Å²) in [5, 5.41) is 0.899. The maximum absolute atomic E-state index is 5.72. The number of halogens is 1. The van der Waals surface area contributed by atoms with Crippen LogP contribution in [0.25, 0.3) is 0 Å². The second-order valence-corrected chi connectivity index (χ2v) is 4.53. The van der Waals surface area contributed by atoms with E-state index in [1.807, 2.05) is 20.1 Å². The Hall–Kier alpha value is -0.290. The zero-order valence-electron chi connectivity index (χ0n) is 7.84. The topological polar surface area (TPSA) is 51.8 Å². The summed E-state index contributed by atoms with van der Waals surface area (Å²) >= 11 is 4.92. The number of rotatable bonds is 2. The van der Waals surface area contributed by atoms with Crippen LogP contribution >= 0.6 is 27.7 Å². The third kappa shape index (κ3) is 2.34. The molecular formula is C8H12BrN3S. The Morgan fingerprint density at radius 2 is 2.00 bits per heavy atom. The van der Waals surface area contributed by atoms with Crippen LogP contribution in [0.4, 0.5) is 5.82 Å². The molecule has 0 spiro atoms. The molecule has 0 amide bonds. The predicted molar refractivity (Wildman–Crippen MR) is 60.0 cm³/mol. The highest BCUT2D eigenvalue weighted by Crippen LogP contribution is 2.29. The Bertz CT molecular complexity index is 315. The highest BCUT2D eigenvalue weighted by molar-refractivity contribution is 9.10. The van der Waals surface area contributed by atoms with Crippen LogP contribution in [0.5, 0.6) is 0 Å². The first-order valence-electron chi connectivity index (χ1n) is 3.93. The number of nitrogens with two attached hydrogens (primary N) is 1. The molecule has 0 saturated carbocycles. The maximum Gasteiger partial charge on any atom is 0.142 e. The molecule has 1 aromatic rings. The van der Waals surface area contributed by atoms with Crippen LogP contribution in [-0.2, 0) is 0 Å². The molecule has 13 heavy (non-hydrogen) atoms. The molecule has 1 rings (SSSR count). The third-order valence-corrected chi connectivity index (χ3v) is 3.30. The highest BCUT2D eigenvalue weighted by atomic mass is 79.9. The lowest BCUT2D eigenvalue weighted by atomic mass is 10.2. The van der Waals surface area contributed by atoms with Gasteiger partial charge in [0.2, 0.25) is 0 Å². The Morgan fingerprint density at radius 1 is 1.38 bits per heavy atom. The van der Waals surface area contributed by atoms with Gasteiger partial charge in [-0.15, -0.1) is 11.8 Å². The minimum absolute atomic E-state index is 0.307. The van der Waals surface area contributed by atoms with E-state index in [9.17, 15) is 0 Å². The van der Waals surface area contributed by atoms with Gasteiger partial charge in [0.05, 0.1) is 4.47 Å². The fraction of sp³-hybridized carbons (Fsp3) is 0.500. The van der Waals surface area contributed by atoms with E-state index in [1.165, 1.54) is 0 Å². The van der Waals surface area contributed by atoms with Gasteiger partial charge in [-0.05, 0) is 22.2 Å². The van der Waals surface area contributed by atoms with Crippen molar-refractivity contribution in [2.45, 2.75) is 24.8 Å². The van der Waals surface area contributed by atoms with Crippen molar-refractivity contribution in [3.05, 3.63) is 10.3 Å². The van der Waals surface area contributed by atoms with Crippen LogP contribution in [0, 0.1) is 0 Å². The number of thioether (sulfide) groups is 1. The zero-order valence-corrected chi connectivity index (χ0v) is 10.2. The van der Waals surface area contributed by atoms with Gasteiger partial charge in [0.25, 0.3) is 0 Å². The molecule has 0 atom stereocenters. The second kappa shape index (κ2) is 4.28. The summed E-state index contributed by atoms with van der Waals surface area (Å²) in [6.07, 6.45) is 1.97. The van der Waals surface area contributed by atoms with Gasteiger partial charge in [-0.2, -0.15) is 0 Å². The molecule has 3 nitrogen and oxygen atoms in total. The molecule has 0 saturated heterocycles. The van der Waals surface area contributed by atoms with Gasteiger partial charge < -0.3 is 5.73 Å². The van der Waals surface area contributed by atoms with Gasteiger partial charge in [0.1, 0.15) is 16.7 Å². The molecule has 0 aliphatic carbocycles. The first-order chi connectivity index (χ1) is 6.06. The average molecular weight is 262 g/mol. The number of hydrogen-bond acceptors (Lipinski definition) is 4. The van der Waals surface area contributed by atoms with E-state index < -0.39 is 0 Å². The van der Waals surface area contributed by atoms with Gasteiger partial charge in [0, 0.05) is 5.92 Å². The summed E-state index contributed by atoms with van der Waals surface area (Å²) < 4.78 is 0.796. The Morgan fingerprint density at radius 3 is 2.46 bits per heavy atom. The molecule has 0 aromatic carbocycles. The molecule has 0 aliphatic rings. The van der Waals surface area contributed by atoms with Crippen molar-refractivity contribution >= 4 is 33.5 Å². The summed E-state index contributed by atoms with van der Waals surface area (Å²) in [4.78, 5) is 8.56. The summed E-state index contributed by atoms with van der Waals surface area (Å²) in [6.45, 7) is 4.10. The number of nitrogen functional groups attached to an aromatic ring is 1. The van der Waals surface area contributed by atoms with Crippen molar-refractivity contribution < 1.29 is 0 Å². The van der Waals surface area contributed by atoms with Crippen molar-refractivity contribution in [2.24, 2.45) is 0 Å². The van der Waals surface area contributed by atoms with Crippen molar-refractivity contribution in [3.8, 4) is 0 Å². The van der Waals surface area contributed by atoms with E-state index in [0.29, 0.717) is 11.7 Å². The lowest BCUT2D eigenvalue weighted by Gasteiger charge is -2.08.